The molecule has 5 nitrogen and oxygen atoms in total. The zero-order valence-electron chi connectivity index (χ0n) is 11.2. The summed E-state index contributed by atoms with van der Waals surface area (Å²) < 4.78 is 0. The highest BCUT2D eigenvalue weighted by Gasteiger charge is 2.21. The van der Waals surface area contributed by atoms with E-state index in [0.29, 0.717) is 17.3 Å². The van der Waals surface area contributed by atoms with Crippen molar-refractivity contribution in [1.29, 1.82) is 0 Å². The molecule has 20 heavy (non-hydrogen) atoms. The molecule has 0 fully saturated rings. The van der Waals surface area contributed by atoms with Gasteiger partial charge < -0.3 is 15.3 Å². The molecule has 0 aliphatic heterocycles. The van der Waals surface area contributed by atoms with Crippen molar-refractivity contribution in [3.8, 4) is 0 Å². The second-order valence-corrected chi connectivity index (χ2v) is 5.05. The van der Waals surface area contributed by atoms with Crippen molar-refractivity contribution in [3.05, 3.63) is 28.2 Å². The van der Waals surface area contributed by atoms with Crippen molar-refractivity contribution in [1.82, 2.24) is 4.90 Å². The van der Waals surface area contributed by atoms with Crippen molar-refractivity contribution in [2.24, 2.45) is 0 Å². The van der Waals surface area contributed by atoms with Gasteiger partial charge in [-0.3, -0.25) is 4.79 Å². The number of halogens is 2. The van der Waals surface area contributed by atoms with Crippen LogP contribution >= 0.6 is 23.2 Å². The van der Waals surface area contributed by atoms with E-state index < -0.39 is 18.0 Å². The predicted octanol–water partition coefficient (Wildman–Crippen LogP) is 3.71. The third kappa shape index (κ3) is 4.28. The van der Waals surface area contributed by atoms with Crippen LogP contribution in [0.2, 0.25) is 10.0 Å². The first-order valence-electron chi connectivity index (χ1n) is 6.10. The first-order valence-corrected chi connectivity index (χ1v) is 6.85. The molecule has 0 aliphatic carbocycles. The van der Waals surface area contributed by atoms with Crippen molar-refractivity contribution in [2.45, 2.75) is 26.3 Å². The van der Waals surface area contributed by atoms with Crippen LogP contribution in [0, 0.1) is 0 Å². The molecule has 0 heterocycles. The van der Waals surface area contributed by atoms with E-state index in [0.717, 1.165) is 0 Å². The van der Waals surface area contributed by atoms with Crippen LogP contribution in [-0.4, -0.2) is 34.6 Å². The standard InChI is InChI=1S/C13H16Cl2N2O3/c1-3-17(8(2)7-11(18)19)13(20)16-10-6-4-5-9(14)12(10)15/h4-6,8H,3,7H2,1-2H3,(H,16,20)(H,18,19). The van der Waals surface area contributed by atoms with Gasteiger partial charge in [-0.1, -0.05) is 29.3 Å². The number of aliphatic carboxylic acids is 1. The zero-order valence-corrected chi connectivity index (χ0v) is 12.7. The van der Waals surface area contributed by atoms with E-state index >= 15 is 0 Å². The lowest BCUT2D eigenvalue weighted by Crippen LogP contribution is -2.42. The van der Waals surface area contributed by atoms with Gasteiger partial charge in [0.05, 0.1) is 22.2 Å². The molecular weight excluding hydrogens is 303 g/mol. The van der Waals surface area contributed by atoms with Crippen LogP contribution in [0.25, 0.3) is 0 Å². The summed E-state index contributed by atoms with van der Waals surface area (Å²) in [5, 5.41) is 12.0. The minimum absolute atomic E-state index is 0.120. The van der Waals surface area contributed by atoms with Crippen molar-refractivity contribution in [3.63, 3.8) is 0 Å². The number of urea groups is 1. The molecule has 1 aromatic carbocycles. The number of nitrogens with one attached hydrogen (secondary N) is 1. The summed E-state index contributed by atoms with van der Waals surface area (Å²) in [4.78, 5) is 24.3. The van der Waals surface area contributed by atoms with E-state index in [9.17, 15) is 9.59 Å². The number of carbonyl (C=O) groups is 2. The van der Waals surface area contributed by atoms with Crippen molar-refractivity contribution < 1.29 is 14.7 Å². The molecule has 1 rings (SSSR count). The fourth-order valence-electron chi connectivity index (χ4n) is 1.81. The predicted molar refractivity (Wildman–Crippen MR) is 79.6 cm³/mol. The second kappa shape index (κ2) is 7.36. The minimum atomic E-state index is -0.954. The van der Waals surface area contributed by atoms with Crippen LogP contribution < -0.4 is 5.32 Å². The maximum absolute atomic E-state index is 12.2. The fourth-order valence-corrected chi connectivity index (χ4v) is 2.15. The van der Waals surface area contributed by atoms with Crippen molar-refractivity contribution in [2.75, 3.05) is 11.9 Å². The Morgan fingerprint density at radius 3 is 2.60 bits per heavy atom. The third-order valence-electron chi connectivity index (χ3n) is 2.80. The molecule has 0 aliphatic rings. The number of rotatable bonds is 5. The summed E-state index contributed by atoms with van der Waals surface area (Å²) in [6, 6.07) is 4.08. The van der Waals surface area contributed by atoms with Crippen molar-refractivity contribution >= 4 is 40.9 Å². The fraction of sp³-hybridized carbons (Fsp3) is 0.385. The maximum atomic E-state index is 12.2. The monoisotopic (exact) mass is 318 g/mol. The Morgan fingerprint density at radius 1 is 1.40 bits per heavy atom. The lowest BCUT2D eigenvalue weighted by atomic mass is 10.2. The maximum Gasteiger partial charge on any atom is 0.322 e. The minimum Gasteiger partial charge on any atom is -0.481 e. The molecule has 1 unspecified atom stereocenters. The second-order valence-electron chi connectivity index (χ2n) is 4.26. The topological polar surface area (TPSA) is 69.6 Å². The van der Waals surface area contributed by atoms with Crippen LogP contribution in [0.1, 0.15) is 20.3 Å². The number of hydrogen-bond donors (Lipinski definition) is 2. The average molecular weight is 319 g/mol. The van der Waals surface area contributed by atoms with Gasteiger partial charge in [0.15, 0.2) is 0 Å². The smallest absolute Gasteiger partial charge is 0.322 e. The Kier molecular flexibility index (Phi) is 6.10. The summed E-state index contributed by atoms with van der Waals surface area (Å²) in [6.45, 7) is 3.84. The Balaban J connectivity index is 2.82. The molecule has 1 atom stereocenters. The van der Waals surface area contributed by atoms with Gasteiger partial charge in [0, 0.05) is 12.6 Å². The lowest BCUT2D eigenvalue weighted by Gasteiger charge is -2.27. The summed E-state index contributed by atoms with van der Waals surface area (Å²) in [7, 11) is 0. The van der Waals surface area contributed by atoms with Gasteiger partial charge in [-0.2, -0.15) is 0 Å². The highest BCUT2D eigenvalue weighted by atomic mass is 35.5. The van der Waals surface area contributed by atoms with Gasteiger partial charge >= 0.3 is 12.0 Å². The van der Waals surface area contributed by atoms with Crippen LogP contribution in [0.4, 0.5) is 10.5 Å². The molecule has 0 saturated carbocycles. The van der Waals surface area contributed by atoms with E-state index in [1.165, 1.54) is 4.90 Å². The van der Waals surface area contributed by atoms with Gasteiger partial charge in [0.2, 0.25) is 0 Å². The van der Waals surface area contributed by atoms with Gasteiger partial charge in [0.25, 0.3) is 0 Å². The summed E-state index contributed by atoms with van der Waals surface area (Å²) in [5.74, 6) is -0.954. The molecule has 1 aromatic rings. The largest absolute Gasteiger partial charge is 0.481 e. The zero-order chi connectivity index (χ0) is 15.3. The first kappa shape index (κ1) is 16.6. The molecule has 2 N–H and O–H groups in total. The molecule has 110 valence electrons. The number of carboxylic acids is 1. The summed E-state index contributed by atoms with van der Waals surface area (Å²) in [6.07, 6.45) is -0.120. The third-order valence-corrected chi connectivity index (χ3v) is 3.62. The van der Waals surface area contributed by atoms with E-state index in [1.807, 2.05) is 0 Å². The number of anilines is 1. The number of benzene rings is 1. The molecule has 0 radical (unpaired) electrons. The Labute approximate surface area is 127 Å². The lowest BCUT2D eigenvalue weighted by molar-refractivity contribution is -0.137. The number of amides is 2. The van der Waals surface area contributed by atoms with Crippen LogP contribution in [-0.2, 0) is 4.79 Å². The van der Waals surface area contributed by atoms with Crippen LogP contribution in [0.15, 0.2) is 18.2 Å². The molecule has 0 saturated heterocycles. The van der Waals surface area contributed by atoms with Gasteiger partial charge in [0.1, 0.15) is 0 Å². The van der Waals surface area contributed by atoms with Gasteiger partial charge in [-0.15, -0.1) is 0 Å². The molecule has 0 bridgehead atoms. The highest BCUT2D eigenvalue weighted by molar-refractivity contribution is 6.43. The van der Waals surface area contributed by atoms with Gasteiger partial charge in [-0.05, 0) is 26.0 Å². The first-order chi connectivity index (χ1) is 9.36. The number of carbonyl (C=O) groups excluding carboxylic acids is 1. The Morgan fingerprint density at radius 2 is 2.05 bits per heavy atom. The quantitative estimate of drug-likeness (QED) is 0.869. The molecule has 7 heteroatoms. The Hall–Kier alpha value is -1.46. The summed E-state index contributed by atoms with van der Waals surface area (Å²) >= 11 is 11.9. The molecular formula is C13H16Cl2N2O3. The van der Waals surface area contributed by atoms with Crippen LogP contribution in [0.5, 0.6) is 0 Å². The van der Waals surface area contributed by atoms with Gasteiger partial charge in [-0.25, -0.2) is 4.79 Å². The number of carboxylic acid groups (broad SMARTS) is 1. The average Bonchev–Trinajstić information content (AvgIpc) is 2.35. The molecule has 0 spiro atoms. The SMILES string of the molecule is CCN(C(=O)Nc1cccc(Cl)c1Cl)C(C)CC(=O)O. The summed E-state index contributed by atoms with van der Waals surface area (Å²) in [5.41, 5.74) is 0.394. The van der Waals surface area contributed by atoms with E-state index in [1.54, 1.807) is 32.0 Å². The van der Waals surface area contributed by atoms with E-state index in [-0.39, 0.29) is 11.4 Å². The van der Waals surface area contributed by atoms with E-state index in [4.69, 9.17) is 28.3 Å². The van der Waals surface area contributed by atoms with E-state index in [2.05, 4.69) is 5.32 Å². The Bertz CT molecular complexity index is 508. The number of nitrogens with zero attached hydrogens (tertiary/aromatic N) is 1. The van der Waals surface area contributed by atoms with Crippen LogP contribution in [0.3, 0.4) is 0 Å². The highest BCUT2D eigenvalue weighted by Crippen LogP contribution is 2.29. The normalized spacial score (nSPS) is 11.8. The number of hydrogen-bond acceptors (Lipinski definition) is 2. The molecule has 0 aromatic heterocycles. The molecule has 2 amide bonds.